The Balaban J connectivity index is 2.33. The van der Waals surface area contributed by atoms with Crippen molar-refractivity contribution in [2.24, 2.45) is 0 Å². The zero-order chi connectivity index (χ0) is 10.8. The standard InChI is InChI=1S/C12H12ClNS/c1-8(2)12-14-7-11(15-12)9-3-5-10(13)6-4-9/h3-8H,1-2H3. The Morgan fingerprint density at radius 2 is 1.87 bits per heavy atom. The Hall–Kier alpha value is -0.860. The zero-order valence-electron chi connectivity index (χ0n) is 8.70. The van der Waals surface area contributed by atoms with Crippen molar-refractivity contribution in [2.75, 3.05) is 0 Å². The van der Waals surface area contributed by atoms with Gasteiger partial charge < -0.3 is 0 Å². The summed E-state index contributed by atoms with van der Waals surface area (Å²) < 4.78 is 0. The summed E-state index contributed by atoms with van der Waals surface area (Å²) in [6.07, 6.45) is 1.93. The van der Waals surface area contributed by atoms with Crippen molar-refractivity contribution in [3.05, 3.63) is 40.5 Å². The molecule has 0 radical (unpaired) electrons. The molecule has 2 aromatic rings. The summed E-state index contributed by atoms with van der Waals surface area (Å²) in [4.78, 5) is 5.60. The summed E-state index contributed by atoms with van der Waals surface area (Å²) in [5.41, 5.74) is 1.18. The summed E-state index contributed by atoms with van der Waals surface area (Å²) >= 11 is 7.59. The molecule has 78 valence electrons. The van der Waals surface area contributed by atoms with E-state index in [2.05, 4.69) is 18.8 Å². The molecule has 0 fully saturated rings. The summed E-state index contributed by atoms with van der Waals surface area (Å²) in [5.74, 6) is 0.496. The van der Waals surface area contributed by atoms with E-state index in [1.54, 1.807) is 11.3 Å². The van der Waals surface area contributed by atoms with Crippen molar-refractivity contribution in [1.29, 1.82) is 0 Å². The first-order valence-corrected chi connectivity index (χ1v) is 6.08. The summed E-state index contributed by atoms with van der Waals surface area (Å²) in [7, 11) is 0. The molecule has 1 heterocycles. The van der Waals surface area contributed by atoms with Gasteiger partial charge in [0.15, 0.2) is 0 Å². The zero-order valence-corrected chi connectivity index (χ0v) is 10.3. The van der Waals surface area contributed by atoms with E-state index in [1.807, 2.05) is 30.5 Å². The quantitative estimate of drug-likeness (QED) is 0.745. The minimum Gasteiger partial charge on any atom is -0.249 e. The molecule has 0 spiro atoms. The van der Waals surface area contributed by atoms with Gasteiger partial charge in [0.25, 0.3) is 0 Å². The number of benzene rings is 1. The third-order valence-electron chi connectivity index (χ3n) is 2.15. The predicted octanol–water partition coefficient (Wildman–Crippen LogP) is 4.59. The molecule has 0 amide bonds. The number of hydrogen-bond acceptors (Lipinski definition) is 2. The SMILES string of the molecule is CC(C)c1ncc(-c2ccc(Cl)cc2)s1. The van der Waals surface area contributed by atoms with Gasteiger partial charge in [0, 0.05) is 17.1 Å². The van der Waals surface area contributed by atoms with E-state index in [1.165, 1.54) is 15.4 Å². The predicted molar refractivity (Wildman–Crippen MR) is 66.6 cm³/mol. The van der Waals surface area contributed by atoms with E-state index in [0.29, 0.717) is 5.92 Å². The van der Waals surface area contributed by atoms with Crippen LogP contribution in [0.15, 0.2) is 30.5 Å². The van der Waals surface area contributed by atoms with Crippen LogP contribution in [-0.4, -0.2) is 4.98 Å². The molecule has 0 aliphatic carbocycles. The molecule has 0 atom stereocenters. The Morgan fingerprint density at radius 1 is 1.20 bits per heavy atom. The topological polar surface area (TPSA) is 12.9 Å². The lowest BCUT2D eigenvalue weighted by Gasteiger charge is -1.97. The highest BCUT2D eigenvalue weighted by atomic mass is 35.5. The molecule has 0 unspecified atom stereocenters. The maximum Gasteiger partial charge on any atom is 0.0956 e. The maximum atomic E-state index is 5.84. The van der Waals surface area contributed by atoms with Crippen LogP contribution in [0.2, 0.25) is 5.02 Å². The Labute approximate surface area is 98.7 Å². The normalized spacial score (nSPS) is 10.9. The van der Waals surface area contributed by atoms with Gasteiger partial charge in [-0.05, 0) is 17.7 Å². The number of aromatic nitrogens is 1. The van der Waals surface area contributed by atoms with Crippen molar-refractivity contribution in [2.45, 2.75) is 19.8 Å². The highest BCUT2D eigenvalue weighted by Crippen LogP contribution is 2.30. The molecule has 0 N–H and O–H groups in total. The van der Waals surface area contributed by atoms with Crippen LogP contribution in [0, 0.1) is 0 Å². The van der Waals surface area contributed by atoms with Gasteiger partial charge in [0.2, 0.25) is 0 Å². The number of hydrogen-bond donors (Lipinski definition) is 0. The van der Waals surface area contributed by atoms with Gasteiger partial charge >= 0.3 is 0 Å². The molecular formula is C12H12ClNS. The molecule has 1 aromatic heterocycles. The first-order valence-electron chi connectivity index (χ1n) is 4.88. The maximum absolute atomic E-state index is 5.84. The molecule has 0 bridgehead atoms. The molecule has 0 saturated carbocycles. The second kappa shape index (κ2) is 4.33. The van der Waals surface area contributed by atoms with E-state index in [9.17, 15) is 0 Å². The molecule has 1 aromatic carbocycles. The molecule has 2 rings (SSSR count). The van der Waals surface area contributed by atoms with Gasteiger partial charge in [-0.1, -0.05) is 37.6 Å². The van der Waals surface area contributed by atoms with Crippen LogP contribution < -0.4 is 0 Å². The number of halogens is 1. The van der Waals surface area contributed by atoms with Gasteiger partial charge in [0.05, 0.1) is 9.88 Å². The van der Waals surface area contributed by atoms with Crippen molar-refractivity contribution in [3.8, 4) is 10.4 Å². The third-order valence-corrected chi connectivity index (χ3v) is 3.75. The van der Waals surface area contributed by atoms with Crippen molar-refractivity contribution < 1.29 is 0 Å². The molecule has 3 heteroatoms. The van der Waals surface area contributed by atoms with E-state index in [4.69, 9.17) is 11.6 Å². The minimum atomic E-state index is 0.496. The van der Waals surface area contributed by atoms with Crippen molar-refractivity contribution in [1.82, 2.24) is 4.98 Å². The van der Waals surface area contributed by atoms with Gasteiger partial charge in [-0.3, -0.25) is 0 Å². The fraction of sp³-hybridized carbons (Fsp3) is 0.250. The van der Waals surface area contributed by atoms with Crippen LogP contribution in [0.25, 0.3) is 10.4 Å². The number of rotatable bonds is 2. The van der Waals surface area contributed by atoms with Crippen molar-refractivity contribution in [3.63, 3.8) is 0 Å². The van der Waals surface area contributed by atoms with E-state index < -0.39 is 0 Å². The third kappa shape index (κ3) is 2.39. The fourth-order valence-electron chi connectivity index (χ4n) is 1.30. The van der Waals surface area contributed by atoms with E-state index in [0.717, 1.165) is 5.02 Å². The average Bonchev–Trinajstić information content (AvgIpc) is 2.68. The van der Waals surface area contributed by atoms with Gasteiger partial charge in [-0.2, -0.15) is 0 Å². The highest BCUT2D eigenvalue weighted by molar-refractivity contribution is 7.15. The van der Waals surface area contributed by atoms with E-state index in [-0.39, 0.29) is 0 Å². The Kier molecular flexibility index (Phi) is 3.08. The Morgan fingerprint density at radius 3 is 2.40 bits per heavy atom. The van der Waals surface area contributed by atoms with Crippen LogP contribution in [-0.2, 0) is 0 Å². The minimum absolute atomic E-state index is 0.496. The Bertz CT molecular complexity index is 445. The van der Waals surface area contributed by atoms with Gasteiger partial charge in [-0.25, -0.2) is 4.98 Å². The fourth-order valence-corrected chi connectivity index (χ4v) is 2.35. The molecule has 0 saturated heterocycles. The largest absolute Gasteiger partial charge is 0.249 e. The van der Waals surface area contributed by atoms with E-state index >= 15 is 0 Å². The van der Waals surface area contributed by atoms with Crippen LogP contribution in [0.4, 0.5) is 0 Å². The molecule has 0 aliphatic rings. The first-order chi connectivity index (χ1) is 7.16. The van der Waals surface area contributed by atoms with Gasteiger partial charge in [0.1, 0.15) is 0 Å². The van der Waals surface area contributed by atoms with Crippen molar-refractivity contribution >= 4 is 22.9 Å². The second-order valence-electron chi connectivity index (χ2n) is 3.72. The van der Waals surface area contributed by atoms with Crippen LogP contribution in [0.5, 0.6) is 0 Å². The van der Waals surface area contributed by atoms with Crippen LogP contribution >= 0.6 is 22.9 Å². The van der Waals surface area contributed by atoms with Gasteiger partial charge in [-0.15, -0.1) is 11.3 Å². The summed E-state index contributed by atoms with van der Waals surface area (Å²) in [5, 5.41) is 1.95. The lowest BCUT2D eigenvalue weighted by molar-refractivity contribution is 0.852. The lowest BCUT2D eigenvalue weighted by Crippen LogP contribution is -1.81. The highest BCUT2D eigenvalue weighted by Gasteiger charge is 2.06. The van der Waals surface area contributed by atoms with Crippen LogP contribution in [0.1, 0.15) is 24.8 Å². The number of thiazole rings is 1. The lowest BCUT2D eigenvalue weighted by atomic mass is 10.2. The summed E-state index contributed by atoms with van der Waals surface area (Å²) in [6, 6.07) is 7.87. The molecule has 1 nitrogen and oxygen atoms in total. The first kappa shape index (κ1) is 10.7. The summed E-state index contributed by atoms with van der Waals surface area (Å²) in [6.45, 7) is 4.31. The molecular weight excluding hydrogens is 226 g/mol. The van der Waals surface area contributed by atoms with Crippen LogP contribution in [0.3, 0.4) is 0 Å². The monoisotopic (exact) mass is 237 g/mol. The average molecular weight is 238 g/mol. The smallest absolute Gasteiger partial charge is 0.0956 e. The number of nitrogens with zero attached hydrogens (tertiary/aromatic N) is 1. The second-order valence-corrected chi connectivity index (χ2v) is 5.22. The molecule has 0 aliphatic heterocycles. The molecule has 15 heavy (non-hydrogen) atoms.